The van der Waals surface area contributed by atoms with E-state index in [1.807, 2.05) is 0 Å². The average molecular weight is 569 g/mol. The molecule has 214 valence electrons. The van der Waals surface area contributed by atoms with Gasteiger partial charge in [-0.3, -0.25) is 9.97 Å². The van der Waals surface area contributed by atoms with Gasteiger partial charge in [-0.25, -0.2) is 0 Å². The minimum absolute atomic E-state index is 0.776. The smallest absolute Gasteiger partial charge is 0.0974 e. The van der Waals surface area contributed by atoms with Gasteiger partial charge in [0.1, 0.15) is 0 Å². The largest absolute Gasteiger partial charge is 0.250 e. The van der Waals surface area contributed by atoms with Gasteiger partial charge in [-0.1, -0.05) is 109 Å². The fourth-order valence-corrected chi connectivity index (χ4v) is 6.59. The molecule has 0 unspecified atom stereocenters. The summed E-state index contributed by atoms with van der Waals surface area (Å²) in [4.78, 5) is 10.8. The average Bonchev–Trinajstić information content (AvgIpc) is 3.05. The van der Waals surface area contributed by atoms with E-state index in [0.29, 0.717) is 0 Å². The summed E-state index contributed by atoms with van der Waals surface area (Å²) in [6, 6.07) is 43.5. The first-order valence-electron chi connectivity index (χ1n) is 15.4. The van der Waals surface area contributed by atoms with Crippen LogP contribution >= 0.6 is 0 Å². The van der Waals surface area contributed by atoms with E-state index in [4.69, 9.17) is 9.97 Å². The van der Waals surface area contributed by atoms with Gasteiger partial charge in [-0.05, 0) is 95.5 Å². The molecule has 5 aromatic carbocycles. The molecule has 44 heavy (non-hydrogen) atoms. The molecule has 7 rings (SSSR count). The van der Waals surface area contributed by atoms with E-state index in [1.165, 1.54) is 55.6 Å². The molecule has 7 aromatic rings. The first-order valence-corrected chi connectivity index (χ1v) is 15.4. The fraction of sp³-hybridized carbons (Fsp3) is 0.143. The van der Waals surface area contributed by atoms with E-state index in [0.717, 1.165) is 46.0 Å². The molecule has 2 heterocycles. The highest BCUT2D eigenvalue weighted by atomic mass is 14.8. The standard InChI is InChI=1S/C42H36N2/c1-27-13-11-14-28(2)37(27)23-33-25-39(31-17-7-5-8-18-31)35-21-22-36-40(32-19-9-6-10-20-32)26-34(44-42(36)41(35)43-33)24-38-29(3)15-12-16-30(38)4/h5-22,25-26H,23-24H2,1-4H3. The van der Waals surface area contributed by atoms with Gasteiger partial charge in [0.25, 0.3) is 0 Å². The summed E-state index contributed by atoms with van der Waals surface area (Å²) in [6.45, 7) is 8.80. The Morgan fingerprint density at radius 3 is 1.14 bits per heavy atom. The number of hydrogen-bond donors (Lipinski definition) is 0. The molecule has 2 nitrogen and oxygen atoms in total. The van der Waals surface area contributed by atoms with E-state index in [9.17, 15) is 0 Å². The lowest BCUT2D eigenvalue weighted by molar-refractivity contribution is 1.05. The minimum Gasteiger partial charge on any atom is -0.250 e. The number of aromatic nitrogens is 2. The molecule has 0 fully saturated rings. The van der Waals surface area contributed by atoms with Crippen molar-refractivity contribution in [1.29, 1.82) is 0 Å². The Balaban J connectivity index is 1.53. The molecular formula is C42H36N2. The molecular weight excluding hydrogens is 532 g/mol. The van der Waals surface area contributed by atoms with E-state index in [1.54, 1.807) is 0 Å². The topological polar surface area (TPSA) is 25.8 Å². The minimum atomic E-state index is 0.776. The Morgan fingerprint density at radius 1 is 0.409 bits per heavy atom. The molecule has 2 heteroatoms. The summed E-state index contributed by atoms with van der Waals surface area (Å²) in [7, 11) is 0. The van der Waals surface area contributed by atoms with Crippen molar-refractivity contribution in [3.63, 3.8) is 0 Å². The second-order valence-electron chi connectivity index (χ2n) is 12.0. The maximum atomic E-state index is 5.42. The maximum Gasteiger partial charge on any atom is 0.0974 e. The van der Waals surface area contributed by atoms with Crippen LogP contribution in [0.4, 0.5) is 0 Å². The number of rotatable bonds is 6. The highest BCUT2D eigenvalue weighted by Crippen LogP contribution is 2.37. The quantitative estimate of drug-likeness (QED) is 0.187. The molecule has 0 saturated heterocycles. The Hall–Kier alpha value is -5.08. The maximum absolute atomic E-state index is 5.42. The molecule has 0 amide bonds. The van der Waals surface area contributed by atoms with Gasteiger partial charge in [0.15, 0.2) is 0 Å². The molecule has 0 spiro atoms. The van der Waals surface area contributed by atoms with Gasteiger partial charge in [0, 0.05) is 35.0 Å². The van der Waals surface area contributed by atoms with Gasteiger partial charge in [-0.15, -0.1) is 0 Å². The van der Waals surface area contributed by atoms with E-state index in [2.05, 4.69) is 149 Å². The number of hydrogen-bond acceptors (Lipinski definition) is 2. The molecule has 0 atom stereocenters. The van der Waals surface area contributed by atoms with Gasteiger partial charge >= 0.3 is 0 Å². The fourth-order valence-electron chi connectivity index (χ4n) is 6.59. The van der Waals surface area contributed by atoms with Crippen molar-refractivity contribution < 1.29 is 0 Å². The van der Waals surface area contributed by atoms with Crippen molar-refractivity contribution in [3.8, 4) is 22.3 Å². The second-order valence-corrected chi connectivity index (χ2v) is 12.0. The van der Waals surface area contributed by atoms with Crippen molar-refractivity contribution in [3.05, 3.63) is 166 Å². The van der Waals surface area contributed by atoms with E-state index in [-0.39, 0.29) is 0 Å². The van der Waals surface area contributed by atoms with Crippen LogP contribution in [0, 0.1) is 27.7 Å². The number of benzene rings is 5. The van der Waals surface area contributed by atoms with Crippen LogP contribution in [0.25, 0.3) is 44.1 Å². The van der Waals surface area contributed by atoms with Gasteiger partial charge < -0.3 is 0 Å². The zero-order chi connectivity index (χ0) is 30.2. The van der Waals surface area contributed by atoms with Crippen molar-refractivity contribution in [2.24, 2.45) is 0 Å². The van der Waals surface area contributed by atoms with Crippen molar-refractivity contribution >= 4 is 21.8 Å². The lowest BCUT2D eigenvalue weighted by Gasteiger charge is -2.17. The highest BCUT2D eigenvalue weighted by Gasteiger charge is 2.17. The van der Waals surface area contributed by atoms with Crippen LogP contribution < -0.4 is 0 Å². The number of pyridine rings is 2. The van der Waals surface area contributed by atoms with Crippen LogP contribution in [0.5, 0.6) is 0 Å². The number of nitrogens with zero attached hydrogens (tertiary/aromatic N) is 2. The van der Waals surface area contributed by atoms with Gasteiger partial charge in [-0.2, -0.15) is 0 Å². The third-order valence-corrected chi connectivity index (χ3v) is 9.04. The van der Waals surface area contributed by atoms with Crippen LogP contribution in [0.3, 0.4) is 0 Å². The molecule has 0 bridgehead atoms. The van der Waals surface area contributed by atoms with Crippen LogP contribution in [-0.4, -0.2) is 9.97 Å². The molecule has 0 N–H and O–H groups in total. The molecule has 0 aliphatic heterocycles. The third-order valence-electron chi connectivity index (χ3n) is 9.04. The Bertz CT molecular complexity index is 1950. The van der Waals surface area contributed by atoms with Gasteiger partial charge in [0.2, 0.25) is 0 Å². The van der Waals surface area contributed by atoms with Gasteiger partial charge in [0.05, 0.1) is 11.0 Å². The first-order chi connectivity index (χ1) is 21.5. The second kappa shape index (κ2) is 11.5. The summed E-state index contributed by atoms with van der Waals surface area (Å²) >= 11 is 0. The SMILES string of the molecule is Cc1cccc(C)c1Cc1cc(-c2ccccc2)c2ccc3c(-c4ccccc4)cc(Cc4c(C)cccc4C)nc3c2n1. The Morgan fingerprint density at radius 2 is 0.773 bits per heavy atom. The zero-order valence-corrected chi connectivity index (χ0v) is 25.9. The lowest BCUT2D eigenvalue weighted by Crippen LogP contribution is -2.02. The Kier molecular flexibility index (Phi) is 7.28. The molecule has 0 aliphatic rings. The van der Waals surface area contributed by atoms with E-state index < -0.39 is 0 Å². The van der Waals surface area contributed by atoms with Crippen molar-refractivity contribution in [2.75, 3.05) is 0 Å². The summed E-state index contributed by atoms with van der Waals surface area (Å²) in [5.41, 5.74) is 16.7. The number of fused-ring (bicyclic) bond motifs is 3. The third kappa shape index (κ3) is 5.18. The van der Waals surface area contributed by atoms with Crippen LogP contribution in [0.2, 0.25) is 0 Å². The normalized spacial score (nSPS) is 11.4. The zero-order valence-electron chi connectivity index (χ0n) is 25.9. The van der Waals surface area contributed by atoms with Crippen LogP contribution in [-0.2, 0) is 12.8 Å². The van der Waals surface area contributed by atoms with Crippen LogP contribution in [0.15, 0.2) is 121 Å². The summed E-state index contributed by atoms with van der Waals surface area (Å²) in [5.74, 6) is 0. The summed E-state index contributed by atoms with van der Waals surface area (Å²) in [5, 5.41) is 2.26. The lowest BCUT2D eigenvalue weighted by atomic mass is 9.92. The monoisotopic (exact) mass is 568 g/mol. The predicted octanol–water partition coefficient (Wildman–Crippen LogP) is 10.5. The summed E-state index contributed by atoms with van der Waals surface area (Å²) < 4.78 is 0. The highest BCUT2D eigenvalue weighted by molar-refractivity contribution is 6.12. The predicted molar refractivity (Wildman–Crippen MR) is 185 cm³/mol. The molecule has 2 aromatic heterocycles. The molecule has 0 radical (unpaired) electrons. The summed E-state index contributed by atoms with van der Waals surface area (Å²) in [6.07, 6.45) is 1.55. The van der Waals surface area contributed by atoms with E-state index >= 15 is 0 Å². The molecule has 0 saturated carbocycles. The van der Waals surface area contributed by atoms with Crippen LogP contribution in [0.1, 0.15) is 44.8 Å². The molecule has 0 aliphatic carbocycles. The Labute approximate surface area is 260 Å². The van der Waals surface area contributed by atoms with Crippen molar-refractivity contribution in [2.45, 2.75) is 40.5 Å². The first kappa shape index (κ1) is 27.7. The number of aryl methyl sites for hydroxylation is 4. The van der Waals surface area contributed by atoms with Crippen molar-refractivity contribution in [1.82, 2.24) is 9.97 Å².